The monoisotopic (exact) mass is 342 g/mol. The van der Waals surface area contributed by atoms with Crippen LogP contribution in [-0.2, 0) is 10.2 Å². The van der Waals surface area contributed by atoms with E-state index in [1.165, 1.54) is 5.56 Å². The average Bonchev–Trinajstić information content (AvgIpc) is 2.88. The minimum Gasteiger partial charge on any atom is -0.484 e. The zero-order valence-corrected chi connectivity index (χ0v) is 14.8. The Morgan fingerprint density at radius 3 is 2.48 bits per heavy atom. The molecule has 23 heavy (non-hydrogen) atoms. The number of rotatable bonds is 5. The Hall–Kier alpha value is -1.30. The SMILES string of the molecule is CC(C)(C)c1ccc(OCC(=O)NCC2CNCC2O)cc1.Cl. The van der Waals surface area contributed by atoms with Crippen LogP contribution in [0, 0.1) is 5.92 Å². The number of hydrogen-bond acceptors (Lipinski definition) is 4. The fourth-order valence-electron chi connectivity index (χ4n) is 2.42. The molecule has 2 unspecified atom stereocenters. The molecule has 1 aromatic carbocycles. The predicted octanol–water partition coefficient (Wildman–Crippen LogP) is 1.48. The van der Waals surface area contributed by atoms with Crippen LogP contribution in [0.15, 0.2) is 24.3 Å². The Morgan fingerprint density at radius 1 is 1.30 bits per heavy atom. The van der Waals surface area contributed by atoms with Crippen LogP contribution < -0.4 is 15.4 Å². The number of β-amino-alcohol motifs (C(OH)–C–C–N with tert-alkyl or cyclic N) is 1. The van der Waals surface area contributed by atoms with Gasteiger partial charge in [-0.25, -0.2) is 0 Å². The molecule has 1 heterocycles. The Kier molecular flexibility index (Phi) is 7.32. The van der Waals surface area contributed by atoms with E-state index in [0.29, 0.717) is 18.8 Å². The molecule has 130 valence electrons. The van der Waals surface area contributed by atoms with E-state index in [4.69, 9.17) is 4.74 Å². The van der Waals surface area contributed by atoms with Gasteiger partial charge in [-0.05, 0) is 23.1 Å². The van der Waals surface area contributed by atoms with Gasteiger partial charge in [0.25, 0.3) is 5.91 Å². The van der Waals surface area contributed by atoms with Gasteiger partial charge in [0, 0.05) is 25.6 Å². The van der Waals surface area contributed by atoms with E-state index in [1.807, 2.05) is 24.3 Å². The van der Waals surface area contributed by atoms with E-state index < -0.39 is 0 Å². The lowest BCUT2D eigenvalue weighted by Gasteiger charge is -2.19. The number of ether oxygens (including phenoxy) is 1. The highest BCUT2D eigenvalue weighted by molar-refractivity contribution is 5.85. The van der Waals surface area contributed by atoms with Gasteiger partial charge in [0.2, 0.25) is 0 Å². The third kappa shape index (κ3) is 6.01. The number of carbonyl (C=O) groups excluding carboxylic acids is 1. The second-order valence-corrected chi connectivity index (χ2v) is 6.85. The zero-order valence-electron chi connectivity index (χ0n) is 14.0. The van der Waals surface area contributed by atoms with Crippen LogP contribution >= 0.6 is 12.4 Å². The van der Waals surface area contributed by atoms with Crippen LogP contribution in [0.1, 0.15) is 26.3 Å². The van der Waals surface area contributed by atoms with E-state index in [-0.39, 0.29) is 42.4 Å². The van der Waals surface area contributed by atoms with Crippen molar-refractivity contribution in [2.45, 2.75) is 32.3 Å². The first-order valence-electron chi connectivity index (χ1n) is 7.75. The number of benzene rings is 1. The van der Waals surface area contributed by atoms with Crippen molar-refractivity contribution in [1.29, 1.82) is 0 Å². The molecule has 0 bridgehead atoms. The average molecular weight is 343 g/mol. The van der Waals surface area contributed by atoms with Gasteiger partial charge in [-0.15, -0.1) is 12.4 Å². The summed E-state index contributed by atoms with van der Waals surface area (Å²) in [5.41, 5.74) is 1.33. The second-order valence-electron chi connectivity index (χ2n) is 6.85. The topological polar surface area (TPSA) is 70.6 Å². The number of hydrogen-bond donors (Lipinski definition) is 3. The highest BCUT2D eigenvalue weighted by Crippen LogP contribution is 2.24. The van der Waals surface area contributed by atoms with Crippen LogP contribution in [-0.4, -0.2) is 43.4 Å². The van der Waals surface area contributed by atoms with Gasteiger partial charge in [0.05, 0.1) is 6.10 Å². The summed E-state index contributed by atoms with van der Waals surface area (Å²) < 4.78 is 5.49. The number of amides is 1. The fourth-order valence-corrected chi connectivity index (χ4v) is 2.42. The summed E-state index contributed by atoms with van der Waals surface area (Å²) >= 11 is 0. The summed E-state index contributed by atoms with van der Waals surface area (Å²) in [6, 6.07) is 7.82. The third-order valence-corrected chi connectivity index (χ3v) is 3.96. The van der Waals surface area contributed by atoms with Crippen molar-refractivity contribution in [2.24, 2.45) is 5.92 Å². The molecule has 6 heteroatoms. The standard InChI is InChI=1S/C17H26N2O3.ClH/c1-17(2,3)13-4-6-14(7-5-13)22-11-16(21)19-9-12-8-18-10-15(12)20;/h4-7,12,15,18,20H,8-11H2,1-3H3,(H,19,21);1H. The van der Waals surface area contributed by atoms with Crippen LogP contribution in [0.4, 0.5) is 0 Å². The molecule has 0 radical (unpaired) electrons. The van der Waals surface area contributed by atoms with Crippen LogP contribution in [0.2, 0.25) is 0 Å². The molecule has 2 rings (SSSR count). The van der Waals surface area contributed by atoms with Crippen molar-refractivity contribution >= 4 is 18.3 Å². The predicted molar refractivity (Wildman–Crippen MR) is 93.3 cm³/mol. The number of carbonyl (C=O) groups is 1. The minimum absolute atomic E-state index is 0. The number of aliphatic hydroxyl groups excluding tert-OH is 1. The van der Waals surface area contributed by atoms with Crippen molar-refractivity contribution in [1.82, 2.24) is 10.6 Å². The Labute approximate surface area is 144 Å². The van der Waals surface area contributed by atoms with Crippen molar-refractivity contribution in [3.63, 3.8) is 0 Å². The summed E-state index contributed by atoms with van der Waals surface area (Å²) in [6.45, 7) is 8.26. The lowest BCUT2D eigenvalue weighted by atomic mass is 9.87. The molecule has 0 aliphatic carbocycles. The molecule has 5 nitrogen and oxygen atoms in total. The van der Waals surface area contributed by atoms with Crippen molar-refractivity contribution in [3.8, 4) is 5.75 Å². The zero-order chi connectivity index (χ0) is 16.2. The molecule has 1 saturated heterocycles. The van der Waals surface area contributed by atoms with Crippen LogP contribution in [0.3, 0.4) is 0 Å². The van der Waals surface area contributed by atoms with Gasteiger partial charge in [0.15, 0.2) is 6.61 Å². The maximum atomic E-state index is 11.8. The minimum atomic E-state index is -0.383. The smallest absolute Gasteiger partial charge is 0.257 e. The summed E-state index contributed by atoms with van der Waals surface area (Å²) in [6.07, 6.45) is -0.383. The molecule has 1 aromatic rings. The van der Waals surface area contributed by atoms with Crippen LogP contribution in [0.25, 0.3) is 0 Å². The quantitative estimate of drug-likeness (QED) is 0.758. The largest absolute Gasteiger partial charge is 0.484 e. The number of halogens is 1. The molecule has 1 aliphatic heterocycles. The normalized spacial score (nSPS) is 20.7. The number of nitrogens with one attached hydrogen (secondary N) is 2. The number of aliphatic hydroxyl groups is 1. The van der Waals surface area contributed by atoms with E-state index >= 15 is 0 Å². The maximum Gasteiger partial charge on any atom is 0.257 e. The van der Waals surface area contributed by atoms with E-state index in [2.05, 4.69) is 31.4 Å². The van der Waals surface area contributed by atoms with E-state index in [1.54, 1.807) is 0 Å². The maximum absolute atomic E-state index is 11.8. The second kappa shape index (κ2) is 8.52. The van der Waals surface area contributed by atoms with Crippen molar-refractivity contribution in [3.05, 3.63) is 29.8 Å². The Bertz CT molecular complexity index is 500. The first kappa shape index (κ1) is 19.7. The van der Waals surface area contributed by atoms with Gasteiger partial charge in [-0.1, -0.05) is 32.9 Å². The van der Waals surface area contributed by atoms with Crippen molar-refractivity contribution < 1.29 is 14.6 Å². The highest BCUT2D eigenvalue weighted by Gasteiger charge is 2.25. The molecular weight excluding hydrogens is 316 g/mol. The molecule has 1 fully saturated rings. The molecule has 0 saturated carbocycles. The van der Waals surface area contributed by atoms with E-state index in [9.17, 15) is 9.90 Å². The summed E-state index contributed by atoms with van der Waals surface area (Å²) in [4.78, 5) is 11.8. The molecular formula is C17H27ClN2O3. The van der Waals surface area contributed by atoms with Crippen molar-refractivity contribution in [2.75, 3.05) is 26.2 Å². The molecule has 2 atom stereocenters. The molecule has 0 spiro atoms. The molecule has 3 N–H and O–H groups in total. The first-order chi connectivity index (χ1) is 10.4. The summed E-state index contributed by atoms with van der Waals surface area (Å²) in [5.74, 6) is 0.597. The van der Waals surface area contributed by atoms with Gasteiger partial charge >= 0.3 is 0 Å². The fraction of sp³-hybridized carbons (Fsp3) is 0.588. The van der Waals surface area contributed by atoms with Gasteiger partial charge in [0.1, 0.15) is 5.75 Å². The summed E-state index contributed by atoms with van der Waals surface area (Å²) in [7, 11) is 0. The Morgan fingerprint density at radius 2 is 1.96 bits per heavy atom. The molecule has 1 amide bonds. The third-order valence-electron chi connectivity index (χ3n) is 3.96. The summed E-state index contributed by atoms with van der Waals surface area (Å²) in [5, 5.41) is 15.5. The van der Waals surface area contributed by atoms with Gasteiger partial charge in [-0.3, -0.25) is 4.79 Å². The Balaban J connectivity index is 0.00000264. The van der Waals surface area contributed by atoms with E-state index in [0.717, 1.165) is 6.54 Å². The lowest BCUT2D eigenvalue weighted by Crippen LogP contribution is -2.36. The highest BCUT2D eigenvalue weighted by atomic mass is 35.5. The van der Waals surface area contributed by atoms with Crippen LogP contribution in [0.5, 0.6) is 5.75 Å². The molecule has 0 aromatic heterocycles. The molecule has 1 aliphatic rings. The lowest BCUT2D eigenvalue weighted by molar-refractivity contribution is -0.123. The van der Waals surface area contributed by atoms with Gasteiger partial charge in [-0.2, -0.15) is 0 Å². The first-order valence-corrected chi connectivity index (χ1v) is 7.75. The van der Waals surface area contributed by atoms with Gasteiger partial charge < -0.3 is 20.5 Å².